The van der Waals surface area contributed by atoms with Gasteiger partial charge in [-0.1, -0.05) is 29.8 Å². The Bertz CT molecular complexity index is 727. The van der Waals surface area contributed by atoms with Crippen LogP contribution in [0.2, 0.25) is 5.02 Å². The maximum Gasteiger partial charge on any atom is 0.259 e. The van der Waals surface area contributed by atoms with Crippen molar-refractivity contribution in [2.45, 2.75) is 0 Å². The lowest BCUT2D eigenvalue weighted by atomic mass is 10.1. The summed E-state index contributed by atoms with van der Waals surface area (Å²) in [4.78, 5) is 24.3. The fourth-order valence-electron chi connectivity index (χ4n) is 2.08. The van der Waals surface area contributed by atoms with Crippen molar-refractivity contribution in [2.24, 2.45) is 0 Å². The summed E-state index contributed by atoms with van der Waals surface area (Å²) in [5, 5.41) is 5.58. The van der Waals surface area contributed by atoms with Crippen molar-refractivity contribution in [2.75, 3.05) is 26.1 Å². The molecule has 2 N–H and O–H groups in total. The average molecular weight is 349 g/mol. The number of benzene rings is 2. The van der Waals surface area contributed by atoms with Crippen LogP contribution in [0.25, 0.3) is 0 Å². The molecule has 7 heteroatoms. The monoisotopic (exact) mass is 348 g/mol. The lowest BCUT2D eigenvalue weighted by molar-refractivity contribution is -0.115. The average Bonchev–Trinajstić information content (AvgIpc) is 2.60. The van der Waals surface area contributed by atoms with Crippen molar-refractivity contribution in [3.8, 4) is 11.5 Å². The summed E-state index contributed by atoms with van der Waals surface area (Å²) in [6.07, 6.45) is 0. The van der Waals surface area contributed by atoms with E-state index >= 15 is 0 Å². The van der Waals surface area contributed by atoms with Gasteiger partial charge in [0, 0.05) is 0 Å². The Morgan fingerprint density at radius 3 is 2.21 bits per heavy atom. The molecule has 0 fully saturated rings. The molecule has 0 bridgehead atoms. The van der Waals surface area contributed by atoms with Gasteiger partial charge in [0.1, 0.15) is 17.1 Å². The number of ether oxygens (including phenoxy) is 2. The molecule has 126 valence electrons. The zero-order valence-electron chi connectivity index (χ0n) is 13.3. The second kappa shape index (κ2) is 8.21. The summed E-state index contributed by atoms with van der Waals surface area (Å²) in [7, 11) is 2.91. The maximum absolute atomic E-state index is 12.4. The molecule has 0 heterocycles. The molecule has 0 atom stereocenters. The Kier molecular flexibility index (Phi) is 6.03. The van der Waals surface area contributed by atoms with Gasteiger partial charge in [0.15, 0.2) is 0 Å². The highest BCUT2D eigenvalue weighted by atomic mass is 35.5. The number of hydrogen-bond acceptors (Lipinski definition) is 4. The molecule has 24 heavy (non-hydrogen) atoms. The first-order chi connectivity index (χ1) is 11.6. The summed E-state index contributed by atoms with van der Waals surface area (Å²) < 4.78 is 10.3. The van der Waals surface area contributed by atoms with Gasteiger partial charge < -0.3 is 20.1 Å². The summed E-state index contributed by atoms with van der Waals surface area (Å²) in [6, 6.07) is 11.8. The Balaban J connectivity index is 2.03. The van der Waals surface area contributed by atoms with E-state index in [4.69, 9.17) is 21.1 Å². The fraction of sp³-hybridized carbons (Fsp3) is 0.176. The van der Waals surface area contributed by atoms with E-state index in [2.05, 4.69) is 10.6 Å². The molecule has 0 saturated carbocycles. The summed E-state index contributed by atoms with van der Waals surface area (Å²) >= 11 is 5.97. The quantitative estimate of drug-likeness (QED) is 0.841. The van der Waals surface area contributed by atoms with E-state index in [-0.39, 0.29) is 12.1 Å². The minimum absolute atomic E-state index is 0.217. The van der Waals surface area contributed by atoms with Crippen molar-refractivity contribution in [3.63, 3.8) is 0 Å². The molecule has 6 nitrogen and oxygen atoms in total. The molecule has 0 spiro atoms. The van der Waals surface area contributed by atoms with Gasteiger partial charge in [0.05, 0.1) is 31.5 Å². The number of rotatable bonds is 6. The van der Waals surface area contributed by atoms with Gasteiger partial charge in [0.25, 0.3) is 5.91 Å². The molecular weight excluding hydrogens is 332 g/mol. The zero-order valence-corrected chi connectivity index (χ0v) is 14.0. The third-order valence-corrected chi connectivity index (χ3v) is 3.54. The van der Waals surface area contributed by atoms with E-state index in [0.29, 0.717) is 22.2 Å². The van der Waals surface area contributed by atoms with Gasteiger partial charge in [-0.25, -0.2) is 0 Å². The largest absolute Gasteiger partial charge is 0.496 e. The number of anilines is 1. The first-order valence-electron chi connectivity index (χ1n) is 7.10. The van der Waals surface area contributed by atoms with Crippen LogP contribution in [0.4, 0.5) is 5.69 Å². The topological polar surface area (TPSA) is 76.7 Å². The Hall–Kier alpha value is -2.73. The number of para-hydroxylation sites is 1. The molecule has 0 aromatic heterocycles. The predicted octanol–water partition coefficient (Wildman–Crippen LogP) is 2.73. The van der Waals surface area contributed by atoms with E-state index in [1.165, 1.54) is 14.2 Å². The zero-order chi connectivity index (χ0) is 17.5. The molecule has 2 amide bonds. The maximum atomic E-state index is 12.4. The van der Waals surface area contributed by atoms with Crippen molar-refractivity contribution in [3.05, 3.63) is 53.1 Å². The SMILES string of the molecule is COc1cccc(OC)c1C(=O)NCC(=O)Nc1ccccc1Cl. The van der Waals surface area contributed by atoms with Crippen LogP contribution in [0.1, 0.15) is 10.4 Å². The first kappa shape index (κ1) is 17.6. The summed E-state index contributed by atoms with van der Waals surface area (Å²) in [6.45, 7) is -0.217. The number of methoxy groups -OCH3 is 2. The van der Waals surface area contributed by atoms with E-state index < -0.39 is 11.8 Å². The summed E-state index contributed by atoms with van der Waals surface area (Å²) in [5.74, 6) is -0.152. The second-order valence-corrected chi connectivity index (χ2v) is 5.16. The molecule has 0 aliphatic carbocycles. The lowest BCUT2D eigenvalue weighted by Gasteiger charge is -2.13. The number of carbonyl (C=O) groups is 2. The molecule has 0 saturated heterocycles. The molecule has 2 rings (SSSR count). The first-order valence-corrected chi connectivity index (χ1v) is 7.48. The van der Waals surface area contributed by atoms with Gasteiger partial charge >= 0.3 is 0 Å². The number of nitrogens with one attached hydrogen (secondary N) is 2. The van der Waals surface area contributed by atoms with Crippen molar-refractivity contribution in [1.82, 2.24) is 5.32 Å². The molecule has 0 aliphatic heterocycles. The van der Waals surface area contributed by atoms with E-state index in [0.717, 1.165) is 0 Å². The molecule has 2 aromatic carbocycles. The Morgan fingerprint density at radius 1 is 1.00 bits per heavy atom. The van der Waals surface area contributed by atoms with Crippen molar-refractivity contribution < 1.29 is 19.1 Å². The predicted molar refractivity (Wildman–Crippen MR) is 92.0 cm³/mol. The lowest BCUT2D eigenvalue weighted by Crippen LogP contribution is -2.33. The smallest absolute Gasteiger partial charge is 0.259 e. The van der Waals surface area contributed by atoms with Crippen LogP contribution in [0.5, 0.6) is 11.5 Å². The van der Waals surface area contributed by atoms with Crippen LogP contribution >= 0.6 is 11.6 Å². The van der Waals surface area contributed by atoms with E-state index in [1.54, 1.807) is 42.5 Å². The van der Waals surface area contributed by atoms with E-state index in [9.17, 15) is 9.59 Å². The minimum Gasteiger partial charge on any atom is -0.496 e. The van der Waals surface area contributed by atoms with Crippen LogP contribution in [-0.2, 0) is 4.79 Å². The Labute approximate surface area is 144 Å². The number of halogens is 1. The molecule has 0 radical (unpaired) electrons. The van der Waals surface area contributed by atoms with Gasteiger partial charge in [-0.3, -0.25) is 9.59 Å². The van der Waals surface area contributed by atoms with Gasteiger partial charge in [-0.05, 0) is 24.3 Å². The highest BCUT2D eigenvalue weighted by Gasteiger charge is 2.18. The Morgan fingerprint density at radius 2 is 1.62 bits per heavy atom. The highest BCUT2D eigenvalue weighted by molar-refractivity contribution is 6.33. The molecular formula is C17H17ClN2O4. The highest BCUT2D eigenvalue weighted by Crippen LogP contribution is 2.27. The normalized spacial score (nSPS) is 9.96. The summed E-state index contributed by atoms with van der Waals surface area (Å²) in [5.41, 5.74) is 0.710. The number of carbonyl (C=O) groups excluding carboxylic acids is 2. The molecule has 2 aromatic rings. The van der Waals surface area contributed by atoms with Gasteiger partial charge in [-0.2, -0.15) is 0 Å². The second-order valence-electron chi connectivity index (χ2n) is 4.75. The fourth-order valence-corrected chi connectivity index (χ4v) is 2.26. The van der Waals surface area contributed by atoms with E-state index in [1.807, 2.05) is 0 Å². The standard InChI is InChI=1S/C17H17ClN2O4/c1-23-13-8-5-9-14(24-2)16(13)17(22)19-10-15(21)20-12-7-4-3-6-11(12)18/h3-9H,10H2,1-2H3,(H,19,22)(H,20,21). The number of amides is 2. The third-order valence-electron chi connectivity index (χ3n) is 3.21. The van der Waals surface area contributed by atoms with Crippen LogP contribution in [0.3, 0.4) is 0 Å². The molecule has 0 aliphatic rings. The van der Waals surface area contributed by atoms with Gasteiger partial charge in [-0.15, -0.1) is 0 Å². The van der Waals surface area contributed by atoms with Crippen LogP contribution in [-0.4, -0.2) is 32.6 Å². The minimum atomic E-state index is -0.474. The van der Waals surface area contributed by atoms with Gasteiger partial charge in [0.2, 0.25) is 5.91 Å². The van der Waals surface area contributed by atoms with Crippen molar-refractivity contribution >= 4 is 29.1 Å². The van der Waals surface area contributed by atoms with Crippen molar-refractivity contribution in [1.29, 1.82) is 0 Å². The van der Waals surface area contributed by atoms with Crippen LogP contribution in [0, 0.1) is 0 Å². The molecule has 0 unspecified atom stereocenters. The third kappa shape index (κ3) is 4.17. The number of hydrogen-bond donors (Lipinski definition) is 2. The van der Waals surface area contributed by atoms with Crippen LogP contribution < -0.4 is 20.1 Å². The van der Waals surface area contributed by atoms with Crippen LogP contribution in [0.15, 0.2) is 42.5 Å².